The van der Waals surface area contributed by atoms with E-state index in [1.807, 2.05) is 0 Å². The Morgan fingerprint density at radius 1 is 1.14 bits per heavy atom. The number of hydrogen-bond donors (Lipinski definition) is 2. The van der Waals surface area contributed by atoms with Crippen molar-refractivity contribution in [3.8, 4) is 0 Å². The van der Waals surface area contributed by atoms with Crippen molar-refractivity contribution in [3.05, 3.63) is 24.3 Å². The van der Waals surface area contributed by atoms with E-state index in [1.54, 1.807) is 6.92 Å². The van der Waals surface area contributed by atoms with Crippen molar-refractivity contribution in [2.24, 2.45) is 0 Å². The van der Waals surface area contributed by atoms with E-state index in [0.29, 0.717) is 6.42 Å². The molecule has 1 rings (SSSR count). The Morgan fingerprint density at radius 2 is 1.62 bits per heavy atom. The molecular formula is C12H20N2O5S2. The zero-order valence-electron chi connectivity index (χ0n) is 12.1. The van der Waals surface area contributed by atoms with Gasteiger partial charge in [-0.3, -0.25) is 0 Å². The van der Waals surface area contributed by atoms with Crippen molar-refractivity contribution in [1.82, 2.24) is 9.03 Å². The first-order valence-corrected chi connectivity index (χ1v) is 9.21. The second-order valence-corrected chi connectivity index (χ2v) is 8.57. The lowest BCUT2D eigenvalue weighted by Gasteiger charge is -2.18. The molecule has 0 aromatic heterocycles. The van der Waals surface area contributed by atoms with Gasteiger partial charge < -0.3 is 5.11 Å². The molecule has 0 fully saturated rings. The largest absolute Gasteiger partial charge is 0.393 e. The van der Waals surface area contributed by atoms with E-state index in [2.05, 4.69) is 4.72 Å². The van der Waals surface area contributed by atoms with Crippen molar-refractivity contribution >= 4 is 20.0 Å². The molecule has 120 valence electrons. The summed E-state index contributed by atoms with van der Waals surface area (Å²) in [5.41, 5.74) is 0. The van der Waals surface area contributed by atoms with Crippen molar-refractivity contribution in [2.45, 2.75) is 29.2 Å². The van der Waals surface area contributed by atoms with E-state index in [4.69, 9.17) is 0 Å². The zero-order valence-corrected chi connectivity index (χ0v) is 13.8. The monoisotopic (exact) mass is 336 g/mol. The van der Waals surface area contributed by atoms with E-state index in [1.165, 1.54) is 38.4 Å². The van der Waals surface area contributed by atoms with Gasteiger partial charge in [0.2, 0.25) is 20.0 Å². The van der Waals surface area contributed by atoms with E-state index in [9.17, 15) is 21.9 Å². The van der Waals surface area contributed by atoms with Crippen LogP contribution >= 0.6 is 0 Å². The number of aliphatic hydroxyl groups excluding tert-OH is 1. The molecule has 21 heavy (non-hydrogen) atoms. The number of hydrogen-bond acceptors (Lipinski definition) is 5. The average molecular weight is 336 g/mol. The van der Waals surface area contributed by atoms with Crippen LogP contribution in [-0.2, 0) is 20.0 Å². The topological polar surface area (TPSA) is 104 Å². The Balaban J connectivity index is 3.00. The van der Waals surface area contributed by atoms with Crippen LogP contribution in [0, 0.1) is 0 Å². The SMILES string of the molecule is CNS(=O)(=O)c1ccc(S(=O)(=O)N(C)CCC(C)O)cc1. The molecule has 0 saturated heterocycles. The maximum Gasteiger partial charge on any atom is 0.242 e. The molecule has 0 bridgehead atoms. The summed E-state index contributed by atoms with van der Waals surface area (Å²) in [4.78, 5) is 0.00114. The molecule has 0 spiro atoms. The Hall–Kier alpha value is -1.00. The second-order valence-electron chi connectivity index (χ2n) is 4.64. The van der Waals surface area contributed by atoms with Gasteiger partial charge in [0.15, 0.2) is 0 Å². The third-order valence-corrected chi connectivity index (χ3v) is 6.27. The first-order chi connectivity index (χ1) is 9.61. The smallest absolute Gasteiger partial charge is 0.242 e. The number of nitrogens with one attached hydrogen (secondary N) is 1. The molecule has 9 heteroatoms. The number of benzene rings is 1. The van der Waals surface area contributed by atoms with E-state index in [0.717, 1.165) is 4.31 Å². The first kappa shape index (κ1) is 18.1. The first-order valence-electron chi connectivity index (χ1n) is 6.29. The standard InChI is InChI=1S/C12H20N2O5S2/c1-10(15)8-9-14(3)21(18,19)12-6-4-11(5-7-12)20(16,17)13-2/h4-7,10,13,15H,8-9H2,1-3H3. The molecule has 1 atom stereocenters. The van der Waals surface area contributed by atoms with Gasteiger partial charge in [-0.05, 0) is 44.7 Å². The Labute approximate surface area is 125 Å². The quantitative estimate of drug-likeness (QED) is 0.729. The highest BCUT2D eigenvalue weighted by atomic mass is 32.2. The molecule has 0 amide bonds. The molecule has 0 aliphatic heterocycles. The van der Waals surface area contributed by atoms with Gasteiger partial charge in [-0.1, -0.05) is 0 Å². The van der Waals surface area contributed by atoms with E-state index < -0.39 is 26.2 Å². The predicted octanol–water partition coefficient (Wildman–Crippen LogP) is -0.0139. The summed E-state index contributed by atoms with van der Waals surface area (Å²) in [7, 11) is -4.60. The van der Waals surface area contributed by atoms with Gasteiger partial charge in [0.05, 0.1) is 15.9 Å². The molecule has 0 aliphatic rings. The summed E-state index contributed by atoms with van der Waals surface area (Å²) >= 11 is 0. The molecule has 1 aromatic carbocycles. The lowest BCUT2D eigenvalue weighted by molar-refractivity contribution is 0.177. The van der Waals surface area contributed by atoms with Crippen LogP contribution in [0.4, 0.5) is 0 Å². The summed E-state index contributed by atoms with van der Waals surface area (Å²) in [5.74, 6) is 0. The van der Waals surface area contributed by atoms with Gasteiger partial charge in [0.25, 0.3) is 0 Å². The van der Waals surface area contributed by atoms with Crippen molar-refractivity contribution < 1.29 is 21.9 Å². The highest BCUT2D eigenvalue weighted by Crippen LogP contribution is 2.17. The summed E-state index contributed by atoms with van der Waals surface area (Å²) in [5, 5.41) is 9.20. The number of aliphatic hydroxyl groups is 1. The third kappa shape index (κ3) is 4.48. The van der Waals surface area contributed by atoms with Crippen molar-refractivity contribution in [1.29, 1.82) is 0 Å². The highest BCUT2D eigenvalue weighted by molar-refractivity contribution is 7.89. The van der Waals surface area contributed by atoms with Gasteiger partial charge in [-0.15, -0.1) is 0 Å². The van der Waals surface area contributed by atoms with Crippen LogP contribution in [-0.4, -0.2) is 53.0 Å². The molecule has 0 radical (unpaired) electrons. The lowest BCUT2D eigenvalue weighted by atomic mass is 10.3. The molecule has 1 aromatic rings. The maximum absolute atomic E-state index is 12.3. The minimum atomic E-state index is -3.70. The molecule has 0 heterocycles. The summed E-state index contributed by atoms with van der Waals surface area (Å²) in [6.07, 6.45) is -0.270. The van der Waals surface area contributed by atoms with E-state index in [-0.39, 0.29) is 16.3 Å². The average Bonchev–Trinajstić information content (AvgIpc) is 2.44. The minimum Gasteiger partial charge on any atom is -0.393 e. The second kappa shape index (κ2) is 6.84. The number of rotatable bonds is 7. The normalized spacial score (nSPS) is 14.3. The molecule has 2 N–H and O–H groups in total. The Kier molecular flexibility index (Phi) is 5.88. The fraction of sp³-hybridized carbons (Fsp3) is 0.500. The van der Waals surface area contributed by atoms with Gasteiger partial charge >= 0.3 is 0 Å². The predicted molar refractivity (Wildman–Crippen MR) is 78.8 cm³/mol. The summed E-state index contributed by atoms with van der Waals surface area (Å²) in [6, 6.07) is 4.97. The van der Waals surface area contributed by atoms with Gasteiger partial charge in [-0.2, -0.15) is 0 Å². The third-order valence-electron chi connectivity index (χ3n) is 2.97. The summed E-state index contributed by atoms with van der Waals surface area (Å²) in [6.45, 7) is 1.76. The van der Waals surface area contributed by atoms with Crippen LogP contribution < -0.4 is 4.72 Å². The number of sulfonamides is 2. The fourth-order valence-corrected chi connectivity index (χ4v) is 3.49. The van der Waals surface area contributed by atoms with E-state index >= 15 is 0 Å². The lowest BCUT2D eigenvalue weighted by Crippen LogP contribution is -2.29. The van der Waals surface area contributed by atoms with Crippen LogP contribution in [0.25, 0.3) is 0 Å². The van der Waals surface area contributed by atoms with Gasteiger partial charge in [0.1, 0.15) is 0 Å². The Morgan fingerprint density at radius 3 is 2.05 bits per heavy atom. The van der Waals surface area contributed by atoms with Crippen molar-refractivity contribution in [2.75, 3.05) is 20.6 Å². The van der Waals surface area contributed by atoms with Crippen LogP contribution in [0.3, 0.4) is 0 Å². The molecule has 7 nitrogen and oxygen atoms in total. The zero-order chi connectivity index (χ0) is 16.3. The van der Waals surface area contributed by atoms with Crippen molar-refractivity contribution in [3.63, 3.8) is 0 Å². The van der Waals surface area contributed by atoms with Crippen LogP contribution in [0.5, 0.6) is 0 Å². The molecule has 0 aliphatic carbocycles. The van der Waals surface area contributed by atoms with Crippen LogP contribution in [0.2, 0.25) is 0 Å². The van der Waals surface area contributed by atoms with Gasteiger partial charge in [0, 0.05) is 13.6 Å². The molecule has 1 unspecified atom stereocenters. The highest BCUT2D eigenvalue weighted by Gasteiger charge is 2.21. The minimum absolute atomic E-state index is 0.00409. The maximum atomic E-state index is 12.3. The summed E-state index contributed by atoms with van der Waals surface area (Å²) < 4.78 is 50.9. The fourth-order valence-electron chi connectivity index (χ4n) is 1.58. The van der Waals surface area contributed by atoms with Crippen LogP contribution in [0.15, 0.2) is 34.1 Å². The van der Waals surface area contributed by atoms with Gasteiger partial charge in [-0.25, -0.2) is 25.9 Å². The van der Waals surface area contributed by atoms with Crippen LogP contribution in [0.1, 0.15) is 13.3 Å². The number of nitrogens with zero attached hydrogens (tertiary/aromatic N) is 1. The molecule has 0 saturated carbocycles. The molecular weight excluding hydrogens is 316 g/mol. The Bertz CT molecular complexity index is 666.